The van der Waals surface area contributed by atoms with Crippen molar-refractivity contribution in [3.05, 3.63) is 0 Å². The van der Waals surface area contributed by atoms with E-state index < -0.39 is 0 Å². The lowest BCUT2D eigenvalue weighted by molar-refractivity contribution is 0.00835. The predicted molar refractivity (Wildman–Crippen MR) is 71.0 cm³/mol. The van der Waals surface area contributed by atoms with Crippen LogP contribution in [-0.2, 0) is 4.74 Å². The van der Waals surface area contributed by atoms with Crippen molar-refractivity contribution in [2.24, 2.45) is 17.6 Å². The molecule has 3 heteroatoms. The van der Waals surface area contributed by atoms with Crippen molar-refractivity contribution in [3.63, 3.8) is 0 Å². The Hall–Kier alpha value is -0.120. The van der Waals surface area contributed by atoms with E-state index in [2.05, 4.69) is 25.7 Å². The maximum Gasteiger partial charge on any atom is 0.0484 e. The van der Waals surface area contributed by atoms with Crippen molar-refractivity contribution < 1.29 is 4.74 Å². The second-order valence-electron chi connectivity index (χ2n) is 6.46. The zero-order valence-corrected chi connectivity index (χ0v) is 11.6. The first-order valence-corrected chi connectivity index (χ1v) is 7.11. The van der Waals surface area contributed by atoms with E-state index in [1.54, 1.807) is 0 Å². The molecule has 3 atom stereocenters. The molecule has 0 radical (unpaired) electrons. The molecule has 100 valence electrons. The zero-order chi connectivity index (χ0) is 12.5. The number of rotatable bonds is 2. The van der Waals surface area contributed by atoms with E-state index in [1.165, 1.54) is 13.0 Å². The lowest BCUT2D eigenvalue weighted by atomic mass is 9.83. The van der Waals surface area contributed by atoms with Crippen LogP contribution in [0.2, 0.25) is 0 Å². The van der Waals surface area contributed by atoms with Gasteiger partial charge in [-0.05, 0) is 38.0 Å². The predicted octanol–water partition coefficient (Wildman–Crippen LogP) is 1.86. The Kier molecular flexibility index (Phi) is 4.11. The van der Waals surface area contributed by atoms with Crippen molar-refractivity contribution in [1.29, 1.82) is 0 Å². The summed E-state index contributed by atoms with van der Waals surface area (Å²) in [6, 6.07) is 0.675. The van der Waals surface area contributed by atoms with Crippen LogP contribution in [0.25, 0.3) is 0 Å². The third-order valence-electron chi connectivity index (χ3n) is 4.73. The smallest absolute Gasteiger partial charge is 0.0484 e. The van der Waals surface area contributed by atoms with E-state index in [0.29, 0.717) is 6.04 Å². The van der Waals surface area contributed by atoms with E-state index in [4.69, 9.17) is 10.5 Å². The van der Waals surface area contributed by atoms with Crippen LogP contribution in [0.15, 0.2) is 0 Å². The van der Waals surface area contributed by atoms with Gasteiger partial charge in [-0.1, -0.05) is 13.8 Å². The van der Waals surface area contributed by atoms with Gasteiger partial charge in [-0.3, -0.25) is 4.90 Å². The second-order valence-corrected chi connectivity index (χ2v) is 6.46. The van der Waals surface area contributed by atoms with Gasteiger partial charge in [0.1, 0.15) is 0 Å². The molecule has 3 nitrogen and oxygen atoms in total. The molecule has 2 N–H and O–H groups in total. The van der Waals surface area contributed by atoms with Crippen molar-refractivity contribution >= 4 is 0 Å². The molecule has 2 heterocycles. The van der Waals surface area contributed by atoms with Gasteiger partial charge >= 0.3 is 0 Å². The molecule has 0 aromatic carbocycles. The van der Waals surface area contributed by atoms with Gasteiger partial charge in [-0.25, -0.2) is 0 Å². The van der Waals surface area contributed by atoms with Crippen molar-refractivity contribution in [1.82, 2.24) is 4.90 Å². The van der Waals surface area contributed by atoms with E-state index in [-0.39, 0.29) is 5.54 Å². The summed E-state index contributed by atoms with van der Waals surface area (Å²) in [5, 5.41) is 0. The molecule has 0 aromatic heterocycles. The summed E-state index contributed by atoms with van der Waals surface area (Å²) in [6.45, 7) is 11.0. The molecule has 2 aliphatic heterocycles. The number of nitrogens with two attached hydrogens (primary N) is 1. The summed E-state index contributed by atoms with van der Waals surface area (Å²) in [6.07, 6.45) is 3.39. The first-order chi connectivity index (χ1) is 8.00. The van der Waals surface area contributed by atoms with Crippen LogP contribution in [0.3, 0.4) is 0 Å². The van der Waals surface area contributed by atoms with Crippen LogP contribution >= 0.6 is 0 Å². The summed E-state index contributed by atoms with van der Waals surface area (Å²) >= 11 is 0. The lowest BCUT2D eigenvalue weighted by Gasteiger charge is -2.46. The van der Waals surface area contributed by atoms with Gasteiger partial charge in [0, 0.05) is 37.9 Å². The van der Waals surface area contributed by atoms with Crippen molar-refractivity contribution in [2.45, 2.75) is 51.6 Å². The Labute approximate surface area is 106 Å². The van der Waals surface area contributed by atoms with Gasteiger partial charge in [0.25, 0.3) is 0 Å². The SMILES string of the molecule is CC1CC(C)C(C)N(CC2(N)CCOCC2)C1. The molecule has 0 aliphatic carbocycles. The van der Waals surface area contributed by atoms with Crippen LogP contribution in [0.5, 0.6) is 0 Å². The highest BCUT2D eigenvalue weighted by Crippen LogP contribution is 2.29. The number of ether oxygens (including phenoxy) is 1. The van der Waals surface area contributed by atoms with Gasteiger partial charge in [0.2, 0.25) is 0 Å². The molecular formula is C14H28N2O. The number of hydrogen-bond acceptors (Lipinski definition) is 3. The average Bonchev–Trinajstić information content (AvgIpc) is 2.26. The molecule has 2 rings (SSSR count). The highest BCUT2D eigenvalue weighted by atomic mass is 16.5. The third kappa shape index (κ3) is 3.21. The standard InChI is InChI=1S/C14H28N2O/c1-11-8-12(2)13(3)16(9-11)10-14(15)4-6-17-7-5-14/h11-13H,4-10,15H2,1-3H3. The van der Waals surface area contributed by atoms with Crippen molar-refractivity contribution in [3.8, 4) is 0 Å². The minimum absolute atomic E-state index is 0.0106. The average molecular weight is 240 g/mol. The molecular weight excluding hydrogens is 212 g/mol. The van der Waals surface area contributed by atoms with Crippen LogP contribution < -0.4 is 5.73 Å². The van der Waals surface area contributed by atoms with Crippen LogP contribution in [0, 0.1) is 11.8 Å². The molecule has 3 unspecified atom stereocenters. The minimum Gasteiger partial charge on any atom is -0.381 e. The molecule has 2 fully saturated rings. The van der Waals surface area contributed by atoms with Gasteiger partial charge in [-0.15, -0.1) is 0 Å². The monoisotopic (exact) mass is 240 g/mol. The van der Waals surface area contributed by atoms with Crippen molar-refractivity contribution in [2.75, 3.05) is 26.3 Å². The fourth-order valence-corrected chi connectivity index (χ4v) is 3.38. The molecule has 0 amide bonds. The maximum absolute atomic E-state index is 6.52. The van der Waals surface area contributed by atoms with Crippen LogP contribution in [0.4, 0.5) is 0 Å². The number of likely N-dealkylation sites (tertiary alicyclic amines) is 1. The summed E-state index contributed by atoms with van der Waals surface area (Å²) < 4.78 is 5.42. The lowest BCUT2D eigenvalue weighted by Crippen LogP contribution is -2.58. The largest absolute Gasteiger partial charge is 0.381 e. The Morgan fingerprint density at radius 1 is 1.24 bits per heavy atom. The summed E-state index contributed by atoms with van der Waals surface area (Å²) in [4.78, 5) is 2.62. The molecule has 2 aliphatic rings. The van der Waals surface area contributed by atoms with Gasteiger partial charge < -0.3 is 10.5 Å². The van der Waals surface area contributed by atoms with E-state index >= 15 is 0 Å². The third-order valence-corrected chi connectivity index (χ3v) is 4.73. The van der Waals surface area contributed by atoms with Crippen LogP contribution in [-0.4, -0.2) is 42.8 Å². The molecule has 0 aromatic rings. The van der Waals surface area contributed by atoms with Gasteiger partial charge in [0.15, 0.2) is 0 Å². The Morgan fingerprint density at radius 2 is 1.88 bits per heavy atom. The number of piperidine rings is 1. The Bertz CT molecular complexity index is 251. The number of nitrogens with zero attached hydrogens (tertiary/aromatic N) is 1. The summed E-state index contributed by atoms with van der Waals surface area (Å²) in [5.74, 6) is 1.60. The van der Waals surface area contributed by atoms with E-state index in [9.17, 15) is 0 Å². The molecule has 17 heavy (non-hydrogen) atoms. The number of hydrogen-bond donors (Lipinski definition) is 1. The quantitative estimate of drug-likeness (QED) is 0.800. The summed E-state index contributed by atoms with van der Waals surface area (Å²) in [7, 11) is 0. The topological polar surface area (TPSA) is 38.5 Å². The molecule has 0 spiro atoms. The highest BCUT2D eigenvalue weighted by molar-refractivity contribution is 4.93. The normalized spacial score (nSPS) is 39.2. The maximum atomic E-state index is 6.52. The fraction of sp³-hybridized carbons (Fsp3) is 1.00. The highest BCUT2D eigenvalue weighted by Gasteiger charge is 2.35. The Morgan fingerprint density at radius 3 is 2.53 bits per heavy atom. The molecule has 2 saturated heterocycles. The van der Waals surface area contributed by atoms with Gasteiger partial charge in [-0.2, -0.15) is 0 Å². The Balaban J connectivity index is 1.96. The van der Waals surface area contributed by atoms with Crippen LogP contribution in [0.1, 0.15) is 40.0 Å². The van der Waals surface area contributed by atoms with Gasteiger partial charge in [0.05, 0.1) is 0 Å². The minimum atomic E-state index is -0.0106. The first-order valence-electron chi connectivity index (χ1n) is 7.11. The molecule has 0 bridgehead atoms. The second kappa shape index (κ2) is 5.25. The fourth-order valence-electron chi connectivity index (χ4n) is 3.38. The van der Waals surface area contributed by atoms with E-state index in [0.717, 1.165) is 44.4 Å². The first kappa shape index (κ1) is 13.3. The van der Waals surface area contributed by atoms with E-state index in [1.807, 2.05) is 0 Å². The zero-order valence-electron chi connectivity index (χ0n) is 11.6. The summed E-state index contributed by atoms with van der Waals surface area (Å²) in [5.41, 5.74) is 6.51. The molecule has 0 saturated carbocycles.